The van der Waals surface area contributed by atoms with E-state index in [1.54, 1.807) is 24.3 Å². The minimum atomic E-state index is -0.618. The van der Waals surface area contributed by atoms with E-state index in [1.165, 1.54) is 29.2 Å². The van der Waals surface area contributed by atoms with Crippen LogP contribution in [0, 0.1) is 10.1 Å². The fourth-order valence-corrected chi connectivity index (χ4v) is 4.00. The Labute approximate surface area is 191 Å². The zero-order chi connectivity index (χ0) is 23.1. The molecule has 170 valence electrons. The van der Waals surface area contributed by atoms with Crippen LogP contribution in [-0.2, 0) is 22.6 Å². The lowest BCUT2D eigenvalue weighted by Gasteiger charge is -2.27. The number of likely N-dealkylation sites (tertiary alicyclic amines) is 1. The number of nitrogens with zero attached hydrogens (tertiary/aromatic N) is 4. The molecule has 9 nitrogen and oxygen atoms in total. The normalized spacial score (nSPS) is 17.8. The van der Waals surface area contributed by atoms with E-state index in [0.717, 1.165) is 18.4 Å². The number of carbonyl (C=O) groups excluding carboxylic acids is 2. The topological polar surface area (TPSA) is 106 Å². The Morgan fingerprint density at radius 3 is 2.56 bits per heavy atom. The number of non-ortho nitro benzene ring substituents is 1. The molecule has 1 saturated heterocycles. The van der Waals surface area contributed by atoms with Gasteiger partial charge in [-0.25, -0.2) is 4.79 Å². The minimum absolute atomic E-state index is 0.0323. The van der Waals surface area contributed by atoms with Gasteiger partial charge < -0.3 is 9.64 Å². The van der Waals surface area contributed by atoms with Crippen LogP contribution in [0.2, 0.25) is 0 Å². The molecule has 1 aromatic carbocycles. The fourth-order valence-electron chi connectivity index (χ4n) is 3.63. The maximum atomic E-state index is 13.0. The number of benzene rings is 1. The second kappa shape index (κ2) is 10.9. The number of likely N-dealkylation sites (N-methyl/N-ethyl adjacent to an activating group) is 1. The van der Waals surface area contributed by atoms with Gasteiger partial charge in [0.25, 0.3) is 5.69 Å². The van der Waals surface area contributed by atoms with Gasteiger partial charge >= 0.3 is 6.09 Å². The summed E-state index contributed by atoms with van der Waals surface area (Å²) in [5.74, 6) is -0.136. The first-order chi connectivity index (χ1) is 15.3. The van der Waals surface area contributed by atoms with Crippen molar-refractivity contribution in [1.29, 1.82) is 0 Å². The Hall–Kier alpha value is -3.14. The molecule has 10 heteroatoms. The molecule has 2 atom stereocenters. The number of aryl methyl sites for hydroxylation is 1. The molecule has 2 aromatic rings. The van der Waals surface area contributed by atoms with E-state index in [4.69, 9.17) is 4.74 Å². The molecular formula is C22H26N4O5S. The number of hydrogen-bond acceptors (Lipinski definition) is 7. The Morgan fingerprint density at radius 1 is 1.22 bits per heavy atom. The fraction of sp³-hybridized carbons (Fsp3) is 0.409. The zero-order valence-electron chi connectivity index (χ0n) is 17.8. The number of rotatable bonds is 8. The number of amides is 2. The highest BCUT2D eigenvalue weighted by Crippen LogP contribution is 2.25. The first-order valence-corrected chi connectivity index (χ1v) is 10.9. The molecule has 0 bridgehead atoms. The molecule has 1 fully saturated rings. The van der Waals surface area contributed by atoms with Crippen LogP contribution in [0.15, 0.2) is 48.8 Å². The standard InChI is InChI=1S/C22H26N4O5S/c1-24(12-2-3-16-8-10-23-11-9-16)21(27)20-13-19(32)14-25(20)22(28)31-15-17-4-6-18(7-5-17)26(29)30/h4-11,19-20,32H,2-3,12-15H2,1H3. The molecule has 1 aliphatic rings. The number of carbonyl (C=O) groups is 2. The van der Waals surface area contributed by atoms with E-state index in [1.807, 2.05) is 12.1 Å². The van der Waals surface area contributed by atoms with Crippen LogP contribution in [-0.4, -0.2) is 63.1 Å². The molecule has 2 unspecified atom stereocenters. The Morgan fingerprint density at radius 2 is 1.91 bits per heavy atom. The van der Waals surface area contributed by atoms with Gasteiger partial charge in [0.15, 0.2) is 0 Å². The molecule has 1 aliphatic heterocycles. The van der Waals surface area contributed by atoms with Gasteiger partial charge in [-0.1, -0.05) is 0 Å². The lowest BCUT2D eigenvalue weighted by molar-refractivity contribution is -0.384. The molecule has 2 amide bonds. The van der Waals surface area contributed by atoms with Gasteiger partial charge in [-0.15, -0.1) is 0 Å². The van der Waals surface area contributed by atoms with E-state index < -0.39 is 17.1 Å². The highest BCUT2D eigenvalue weighted by molar-refractivity contribution is 7.81. The summed E-state index contributed by atoms with van der Waals surface area (Å²) >= 11 is 4.47. The summed E-state index contributed by atoms with van der Waals surface area (Å²) in [6, 6.07) is 9.07. The molecule has 0 N–H and O–H groups in total. The average Bonchev–Trinajstić information content (AvgIpc) is 3.19. The van der Waals surface area contributed by atoms with Gasteiger partial charge in [0, 0.05) is 49.9 Å². The van der Waals surface area contributed by atoms with Gasteiger partial charge in [0.05, 0.1) is 4.92 Å². The van der Waals surface area contributed by atoms with Crippen molar-refractivity contribution in [3.8, 4) is 0 Å². The van der Waals surface area contributed by atoms with E-state index in [-0.39, 0.29) is 23.5 Å². The highest BCUT2D eigenvalue weighted by Gasteiger charge is 2.40. The Balaban J connectivity index is 1.52. The first kappa shape index (κ1) is 23.5. The average molecular weight is 459 g/mol. The molecule has 0 saturated carbocycles. The molecule has 2 heterocycles. The Bertz CT molecular complexity index is 941. The number of aromatic nitrogens is 1. The summed E-state index contributed by atoms with van der Waals surface area (Å²) in [7, 11) is 1.74. The van der Waals surface area contributed by atoms with E-state index >= 15 is 0 Å². The van der Waals surface area contributed by atoms with Crippen molar-refractivity contribution < 1.29 is 19.2 Å². The minimum Gasteiger partial charge on any atom is -0.445 e. The maximum absolute atomic E-state index is 13.0. The van der Waals surface area contributed by atoms with Gasteiger partial charge in [0.1, 0.15) is 12.6 Å². The third kappa shape index (κ3) is 6.19. The summed E-state index contributed by atoms with van der Waals surface area (Å²) in [6.07, 6.45) is 4.99. The Kier molecular flexibility index (Phi) is 8.04. The quantitative estimate of drug-likeness (QED) is 0.370. The van der Waals surface area contributed by atoms with Crippen LogP contribution in [0.3, 0.4) is 0 Å². The summed E-state index contributed by atoms with van der Waals surface area (Å²) in [5, 5.41) is 10.6. The van der Waals surface area contributed by atoms with Crippen molar-refractivity contribution in [1.82, 2.24) is 14.8 Å². The number of pyridine rings is 1. The van der Waals surface area contributed by atoms with Crippen LogP contribution in [0.1, 0.15) is 24.0 Å². The lowest BCUT2D eigenvalue weighted by Crippen LogP contribution is -2.47. The lowest BCUT2D eigenvalue weighted by atomic mass is 10.1. The highest BCUT2D eigenvalue weighted by atomic mass is 32.1. The SMILES string of the molecule is CN(CCCc1ccncc1)C(=O)C1CC(S)CN1C(=O)OCc1ccc([N+](=O)[O-])cc1. The largest absolute Gasteiger partial charge is 0.445 e. The number of nitro benzene ring substituents is 1. The molecule has 0 radical (unpaired) electrons. The van der Waals surface area contributed by atoms with Crippen LogP contribution < -0.4 is 0 Å². The molecular weight excluding hydrogens is 432 g/mol. The third-order valence-corrected chi connectivity index (χ3v) is 5.77. The third-order valence-electron chi connectivity index (χ3n) is 5.39. The molecule has 1 aromatic heterocycles. The van der Waals surface area contributed by atoms with Crippen LogP contribution >= 0.6 is 12.6 Å². The van der Waals surface area contributed by atoms with Crippen molar-refractivity contribution in [2.24, 2.45) is 0 Å². The molecule has 3 rings (SSSR count). The summed E-state index contributed by atoms with van der Waals surface area (Å²) < 4.78 is 5.37. The number of nitro groups is 1. The van der Waals surface area contributed by atoms with E-state index in [0.29, 0.717) is 25.1 Å². The number of hydrogen-bond donors (Lipinski definition) is 1. The van der Waals surface area contributed by atoms with Crippen molar-refractivity contribution >= 4 is 30.3 Å². The second-order valence-corrected chi connectivity index (χ2v) is 8.48. The number of thiol groups is 1. The van der Waals surface area contributed by atoms with Gasteiger partial charge in [-0.2, -0.15) is 12.6 Å². The maximum Gasteiger partial charge on any atom is 0.410 e. The van der Waals surface area contributed by atoms with Gasteiger partial charge in [-0.05, 0) is 54.7 Å². The van der Waals surface area contributed by atoms with Crippen LogP contribution in [0.5, 0.6) is 0 Å². The molecule has 32 heavy (non-hydrogen) atoms. The van der Waals surface area contributed by atoms with Crippen molar-refractivity contribution in [3.63, 3.8) is 0 Å². The number of ether oxygens (including phenoxy) is 1. The predicted octanol–water partition coefficient (Wildman–Crippen LogP) is 3.09. The zero-order valence-corrected chi connectivity index (χ0v) is 18.7. The summed E-state index contributed by atoms with van der Waals surface area (Å²) in [4.78, 5) is 43.0. The van der Waals surface area contributed by atoms with Crippen LogP contribution in [0.4, 0.5) is 10.5 Å². The molecule has 0 spiro atoms. The monoisotopic (exact) mass is 458 g/mol. The van der Waals surface area contributed by atoms with Crippen molar-refractivity contribution in [2.45, 2.75) is 37.2 Å². The first-order valence-electron chi connectivity index (χ1n) is 10.3. The van der Waals surface area contributed by atoms with Crippen molar-refractivity contribution in [3.05, 3.63) is 70.0 Å². The van der Waals surface area contributed by atoms with Gasteiger partial charge in [0.2, 0.25) is 5.91 Å². The molecule has 0 aliphatic carbocycles. The van der Waals surface area contributed by atoms with E-state index in [9.17, 15) is 19.7 Å². The summed E-state index contributed by atoms with van der Waals surface area (Å²) in [6.45, 7) is 0.858. The van der Waals surface area contributed by atoms with Gasteiger partial charge in [-0.3, -0.25) is 24.8 Å². The van der Waals surface area contributed by atoms with Crippen LogP contribution in [0.25, 0.3) is 0 Å². The smallest absolute Gasteiger partial charge is 0.410 e. The van der Waals surface area contributed by atoms with E-state index in [2.05, 4.69) is 17.6 Å². The summed E-state index contributed by atoms with van der Waals surface area (Å²) in [5.41, 5.74) is 1.76. The second-order valence-electron chi connectivity index (χ2n) is 7.75. The van der Waals surface area contributed by atoms with Crippen molar-refractivity contribution in [2.75, 3.05) is 20.1 Å². The predicted molar refractivity (Wildman–Crippen MR) is 121 cm³/mol.